The predicted octanol–water partition coefficient (Wildman–Crippen LogP) is 2.09. The number of thiophene rings is 1. The predicted molar refractivity (Wildman–Crippen MR) is 50.9 cm³/mol. The summed E-state index contributed by atoms with van der Waals surface area (Å²) in [5, 5.41) is 4.70. The molecule has 0 aliphatic carbocycles. The summed E-state index contributed by atoms with van der Waals surface area (Å²) in [6, 6.07) is 2.09. The Morgan fingerprint density at radius 2 is 2.62 bits per heavy atom. The zero-order chi connectivity index (χ0) is 9.26. The van der Waals surface area contributed by atoms with Crippen molar-refractivity contribution < 1.29 is 9.53 Å². The molecule has 4 heteroatoms. The topological polar surface area (TPSA) is 38.3 Å². The number of ether oxygens (including phenoxy) is 1. The summed E-state index contributed by atoms with van der Waals surface area (Å²) in [5.41, 5.74) is 1.28. The number of cyclic esters (lactones) is 1. The molecule has 0 saturated carbocycles. The molecule has 1 unspecified atom stereocenters. The maximum atomic E-state index is 10.8. The Labute approximate surface area is 80.7 Å². The molecule has 1 saturated heterocycles. The van der Waals surface area contributed by atoms with Gasteiger partial charge in [-0.25, -0.2) is 4.79 Å². The summed E-state index contributed by atoms with van der Waals surface area (Å²) >= 11 is 1.66. The van der Waals surface area contributed by atoms with E-state index in [0.29, 0.717) is 6.54 Å². The molecule has 1 aliphatic heterocycles. The first-order valence-electron chi connectivity index (χ1n) is 4.32. The van der Waals surface area contributed by atoms with Crippen molar-refractivity contribution in [2.24, 2.45) is 0 Å². The highest BCUT2D eigenvalue weighted by molar-refractivity contribution is 7.10. The minimum atomic E-state index is -0.305. The van der Waals surface area contributed by atoms with Gasteiger partial charge in [0.15, 0.2) is 6.10 Å². The Hall–Kier alpha value is -1.03. The van der Waals surface area contributed by atoms with Crippen LogP contribution in [0.3, 0.4) is 0 Å². The molecule has 1 aromatic heterocycles. The molecule has 1 atom stereocenters. The average Bonchev–Trinajstić information content (AvgIpc) is 2.71. The lowest BCUT2D eigenvalue weighted by atomic mass is 10.1. The molecule has 1 N–H and O–H groups in total. The number of hydrogen-bond donors (Lipinski definition) is 1. The second-order valence-corrected chi connectivity index (χ2v) is 3.89. The van der Waals surface area contributed by atoms with Crippen molar-refractivity contribution in [3.05, 3.63) is 21.9 Å². The van der Waals surface area contributed by atoms with Crippen LogP contribution in [0.2, 0.25) is 0 Å². The normalized spacial score (nSPS) is 21.3. The minimum absolute atomic E-state index is 0.0672. The molecule has 3 nitrogen and oxygen atoms in total. The lowest BCUT2D eigenvalue weighted by Gasteiger charge is -2.06. The first-order chi connectivity index (χ1) is 6.31. The molecule has 2 heterocycles. The van der Waals surface area contributed by atoms with Crippen LogP contribution in [0.4, 0.5) is 4.79 Å². The van der Waals surface area contributed by atoms with Gasteiger partial charge in [-0.2, -0.15) is 0 Å². The van der Waals surface area contributed by atoms with Gasteiger partial charge in [0.05, 0.1) is 11.4 Å². The van der Waals surface area contributed by atoms with Gasteiger partial charge in [-0.3, -0.25) is 0 Å². The smallest absolute Gasteiger partial charge is 0.407 e. The van der Waals surface area contributed by atoms with Crippen LogP contribution in [0.5, 0.6) is 0 Å². The Balaban J connectivity index is 2.20. The van der Waals surface area contributed by atoms with Gasteiger partial charge in [-0.15, -0.1) is 11.3 Å². The molecule has 1 aliphatic rings. The van der Waals surface area contributed by atoms with Crippen LogP contribution in [-0.2, 0) is 11.2 Å². The highest BCUT2D eigenvalue weighted by atomic mass is 32.1. The molecular weight excluding hydrogens is 186 g/mol. The van der Waals surface area contributed by atoms with E-state index in [4.69, 9.17) is 4.74 Å². The highest BCUT2D eigenvalue weighted by Gasteiger charge is 2.26. The maximum absolute atomic E-state index is 10.8. The Morgan fingerprint density at radius 1 is 1.77 bits per heavy atom. The summed E-state index contributed by atoms with van der Waals surface area (Å²) in [6.45, 7) is 2.71. The lowest BCUT2D eigenvalue weighted by molar-refractivity contribution is 0.142. The fourth-order valence-electron chi connectivity index (χ4n) is 1.46. The van der Waals surface area contributed by atoms with Crippen LogP contribution in [-0.4, -0.2) is 12.6 Å². The van der Waals surface area contributed by atoms with Crippen LogP contribution < -0.4 is 5.32 Å². The Morgan fingerprint density at radius 3 is 3.23 bits per heavy atom. The highest BCUT2D eigenvalue weighted by Crippen LogP contribution is 2.29. The monoisotopic (exact) mass is 197 g/mol. The number of amides is 1. The number of alkyl carbamates (subject to hydrolysis) is 1. The fraction of sp³-hybridized carbons (Fsp3) is 0.444. The lowest BCUT2D eigenvalue weighted by Crippen LogP contribution is -2.12. The summed E-state index contributed by atoms with van der Waals surface area (Å²) < 4.78 is 5.11. The zero-order valence-electron chi connectivity index (χ0n) is 7.37. The first-order valence-corrected chi connectivity index (χ1v) is 5.20. The van der Waals surface area contributed by atoms with Gasteiger partial charge in [0.2, 0.25) is 0 Å². The van der Waals surface area contributed by atoms with Crippen molar-refractivity contribution in [3.63, 3.8) is 0 Å². The van der Waals surface area contributed by atoms with Crippen LogP contribution >= 0.6 is 11.3 Å². The first kappa shape index (κ1) is 8.56. The van der Waals surface area contributed by atoms with Gasteiger partial charge in [0.25, 0.3) is 0 Å². The van der Waals surface area contributed by atoms with E-state index in [1.165, 1.54) is 10.4 Å². The van der Waals surface area contributed by atoms with Crippen molar-refractivity contribution >= 4 is 17.4 Å². The van der Waals surface area contributed by atoms with Crippen LogP contribution in [0, 0.1) is 0 Å². The second-order valence-electron chi connectivity index (χ2n) is 2.94. The Bertz CT molecular complexity index is 321. The van der Waals surface area contributed by atoms with E-state index in [0.717, 1.165) is 6.42 Å². The van der Waals surface area contributed by atoms with Crippen molar-refractivity contribution in [1.82, 2.24) is 5.32 Å². The third kappa shape index (κ3) is 1.54. The molecule has 0 bridgehead atoms. The number of nitrogens with one attached hydrogen (secondary N) is 1. The van der Waals surface area contributed by atoms with Crippen LogP contribution in [0.1, 0.15) is 23.5 Å². The van der Waals surface area contributed by atoms with E-state index in [1.807, 2.05) is 5.38 Å². The SMILES string of the molecule is CCc1ccsc1C1CNC(=O)O1. The third-order valence-corrected chi connectivity index (χ3v) is 3.19. The quantitative estimate of drug-likeness (QED) is 0.788. The molecule has 0 spiro atoms. The van der Waals surface area contributed by atoms with E-state index < -0.39 is 0 Å². The van der Waals surface area contributed by atoms with E-state index in [9.17, 15) is 4.79 Å². The van der Waals surface area contributed by atoms with Crippen molar-refractivity contribution in [1.29, 1.82) is 0 Å². The van der Waals surface area contributed by atoms with Crippen molar-refractivity contribution in [2.75, 3.05) is 6.54 Å². The molecule has 1 fully saturated rings. The van der Waals surface area contributed by atoms with Gasteiger partial charge >= 0.3 is 6.09 Å². The van der Waals surface area contributed by atoms with E-state index in [2.05, 4.69) is 18.3 Å². The third-order valence-electron chi connectivity index (χ3n) is 2.14. The zero-order valence-corrected chi connectivity index (χ0v) is 8.19. The van der Waals surface area contributed by atoms with Gasteiger partial charge in [-0.05, 0) is 23.4 Å². The van der Waals surface area contributed by atoms with Crippen LogP contribution in [0.15, 0.2) is 11.4 Å². The number of carbonyl (C=O) groups is 1. The maximum Gasteiger partial charge on any atom is 0.407 e. The summed E-state index contributed by atoms with van der Waals surface area (Å²) in [6.07, 6.45) is 0.621. The average molecular weight is 197 g/mol. The van der Waals surface area contributed by atoms with Crippen LogP contribution in [0.25, 0.3) is 0 Å². The fourth-order valence-corrected chi connectivity index (χ4v) is 2.48. The summed E-state index contributed by atoms with van der Waals surface area (Å²) in [5.74, 6) is 0. The number of rotatable bonds is 2. The van der Waals surface area contributed by atoms with Gasteiger partial charge in [0.1, 0.15) is 0 Å². The molecule has 70 valence electrons. The molecule has 1 aromatic rings. The van der Waals surface area contributed by atoms with Crippen molar-refractivity contribution in [2.45, 2.75) is 19.4 Å². The molecule has 13 heavy (non-hydrogen) atoms. The molecule has 0 radical (unpaired) electrons. The molecule has 2 rings (SSSR count). The number of carbonyl (C=O) groups excluding carboxylic acids is 1. The van der Waals surface area contributed by atoms with Gasteiger partial charge < -0.3 is 10.1 Å². The number of aryl methyl sites for hydroxylation is 1. The van der Waals surface area contributed by atoms with Gasteiger partial charge in [-0.1, -0.05) is 6.92 Å². The molecule has 0 aromatic carbocycles. The standard InChI is InChI=1S/C9H11NO2S/c1-2-6-3-4-13-8(6)7-5-10-9(11)12-7/h3-4,7H,2,5H2,1H3,(H,10,11). The number of hydrogen-bond acceptors (Lipinski definition) is 3. The molecule has 1 amide bonds. The summed E-state index contributed by atoms with van der Waals surface area (Å²) in [4.78, 5) is 12.0. The van der Waals surface area contributed by atoms with E-state index >= 15 is 0 Å². The van der Waals surface area contributed by atoms with Crippen molar-refractivity contribution in [3.8, 4) is 0 Å². The largest absolute Gasteiger partial charge is 0.439 e. The van der Waals surface area contributed by atoms with E-state index in [1.54, 1.807) is 11.3 Å². The summed E-state index contributed by atoms with van der Waals surface area (Å²) in [7, 11) is 0. The molecular formula is C9H11NO2S. The van der Waals surface area contributed by atoms with E-state index in [-0.39, 0.29) is 12.2 Å². The second kappa shape index (κ2) is 3.38. The minimum Gasteiger partial charge on any atom is -0.439 e. The van der Waals surface area contributed by atoms with Gasteiger partial charge in [0, 0.05) is 0 Å². The Kier molecular flexibility index (Phi) is 2.22.